The maximum Gasteiger partial charge on any atom is 0.0463 e. The minimum Gasteiger partial charge on any atom is -0.399 e. The summed E-state index contributed by atoms with van der Waals surface area (Å²) in [5.74, 6) is 0.331. The van der Waals surface area contributed by atoms with Crippen molar-refractivity contribution < 1.29 is 0 Å². The van der Waals surface area contributed by atoms with Gasteiger partial charge in [-0.25, -0.2) is 0 Å². The Hall–Kier alpha value is -5.02. The van der Waals surface area contributed by atoms with Crippen LogP contribution in [0.4, 0.5) is 34.1 Å². The maximum atomic E-state index is 5.97. The molecule has 0 saturated carbocycles. The Morgan fingerprint density at radius 1 is 0.487 bits per heavy atom. The first-order chi connectivity index (χ1) is 19.3. The zero-order valence-electron chi connectivity index (χ0n) is 21.8. The van der Waals surface area contributed by atoms with Crippen LogP contribution in [0.2, 0.25) is 0 Å². The van der Waals surface area contributed by atoms with Gasteiger partial charge in [0, 0.05) is 45.7 Å². The van der Waals surface area contributed by atoms with Gasteiger partial charge in [-0.3, -0.25) is 0 Å². The molecule has 0 bridgehead atoms. The Bertz CT molecular complexity index is 1520. The molecule has 39 heavy (non-hydrogen) atoms. The van der Waals surface area contributed by atoms with Crippen LogP contribution < -0.4 is 15.5 Å². The summed E-state index contributed by atoms with van der Waals surface area (Å²) in [7, 11) is 0. The molecule has 2 N–H and O–H groups in total. The number of hydrogen-bond acceptors (Lipinski definition) is 3. The van der Waals surface area contributed by atoms with E-state index in [4.69, 9.17) is 5.73 Å². The zero-order valence-corrected chi connectivity index (χ0v) is 21.8. The smallest absolute Gasteiger partial charge is 0.0463 e. The summed E-state index contributed by atoms with van der Waals surface area (Å²) in [6, 6.07) is 48.5. The van der Waals surface area contributed by atoms with E-state index in [2.05, 4.69) is 149 Å². The fourth-order valence-electron chi connectivity index (χ4n) is 5.14. The van der Waals surface area contributed by atoms with Gasteiger partial charge in [0.2, 0.25) is 0 Å². The van der Waals surface area contributed by atoms with Crippen molar-refractivity contribution in [3.05, 3.63) is 169 Å². The van der Waals surface area contributed by atoms with E-state index in [-0.39, 0.29) is 0 Å². The molecule has 5 aromatic carbocycles. The number of nitrogens with zero attached hydrogens (tertiary/aromatic N) is 2. The molecule has 0 aliphatic heterocycles. The second kappa shape index (κ2) is 11.2. The number of nitrogens with two attached hydrogens (primary N) is 1. The van der Waals surface area contributed by atoms with Gasteiger partial charge in [-0.15, -0.1) is 0 Å². The standard InChI is InChI=1S/C36H31N3/c37-30-20-26-36(27-21-30)39(33-14-8-3-9-15-33)35-24-18-29(19-25-35)28-16-22-34(23-17-28)38(31-10-4-1-5-11-31)32-12-6-2-7-13-32/h1-16,18-28H,17,37H2. The van der Waals surface area contributed by atoms with E-state index in [0.717, 1.165) is 40.5 Å². The number of anilines is 6. The van der Waals surface area contributed by atoms with Crippen molar-refractivity contribution in [2.45, 2.75) is 12.3 Å². The monoisotopic (exact) mass is 505 g/mol. The second-order valence-electron chi connectivity index (χ2n) is 9.69. The van der Waals surface area contributed by atoms with Gasteiger partial charge in [0.15, 0.2) is 0 Å². The molecule has 3 heteroatoms. The minimum absolute atomic E-state index is 0.331. The summed E-state index contributed by atoms with van der Waals surface area (Å²) in [6.45, 7) is 0. The molecule has 3 nitrogen and oxygen atoms in total. The van der Waals surface area contributed by atoms with Gasteiger partial charge in [0.05, 0.1) is 0 Å². The van der Waals surface area contributed by atoms with E-state index in [1.165, 1.54) is 11.3 Å². The Morgan fingerprint density at radius 3 is 1.38 bits per heavy atom. The van der Waals surface area contributed by atoms with Crippen LogP contribution in [0.3, 0.4) is 0 Å². The lowest BCUT2D eigenvalue weighted by Gasteiger charge is -2.29. The maximum absolute atomic E-state index is 5.97. The van der Waals surface area contributed by atoms with E-state index in [9.17, 15) is 0 Å². The molecule has 190 valence electrons. The lowest BCUT2D eigenvalue weighted by atomic mass is 9.91. The van der Waals surface area contributed by atoms with Crippen LogP contribution in [0.25, 0.3) is 0 Å². The molecule has 1 unspecified atom stereocenters. The van der Waals surface area contributed by atoms with Gasteiger partial charge in [-0.2, -0.15) is 0 Å². The van der Waals surface area contributed by atoms with Crippen LogP contribution in [-0.2, 0) is 0 Å². The van der Waals surface area contributed by atoms with E-state index in [1.807, 2.05) is 18.2 Å². The predicted octanol–water partition coefficient (Wildman–Crippen LogP) is 9.50. The minimum atomic E-state index is 0.331. The predicted molar refractivity (Wildman–Crippen MR) is 165 cm³/mol. The zero-order chi connectivity index (χ0) is 26.4. The van der Waals surface area contributed by atoms with Gasteiger partial charge in [0.25, 0.3) is 0 Å². The molecule has 0 amide bonds. The highest BCUT2D eigenvalue weighted by Crippen LogP contribution is 2.38. The van der Waals surface area contributed by atoms with Crippen molar-refractivity contribution in [3.8, 4) is 0 Å². The molecular formula is C36H31N3. The lowest BCUT2D eigenvalue weighted by Crippen LogP contribution is -2.17. The van der Waals surface area contributed by atoms with E-state index in [1.54, 1.807) is 0 Å². The highest BCUT2D eigenvalue weighted by atomic mass is 15.1. The van der Waals surface area contributed by atoms with Gasteiger partial charge in [0.1, 0.15) is 0 Å². The fourth-order valence-corrected chi connectivity index (χ4v) is 5.14. The van der Waals surface area contributed by atoms with E-state index >= 15 is 0 Å². The van der Waals surface area contributed by atoms with Crippen molar-refractivity contribution in [2.75, 3.05) is 15.5 Å². The molecule has 5 aromatic rings. The van der Waals surface area contributed by atoms with Crippen molar-refractivity contribution in [1.29, 1.82) is 0 Å². The van der Waals surface area contributed by atoms with Crippen molar-refractivity contribution in [2.24, 2.45) is 0 Å². The third-order valence-electron chi connectivity index (χ3n) is 7.11. The Kier molecular flexibility index (Phi) is 6.96. The van der Waals surface area contributed by atoms with Gasteiger partial charge < -0.3 is 15.5 Å². The van der Waals surface area contributed by atoms with Crippen molar-refractivity contribution in [1.82, 2.24) is 0 Å². The molecule has 0 spiro atoms. The Morgan fingerprint density at radius 2 is 0.923 bits per heavy atom. The van der Waals surface area contributed by atoms with Crippen LogP contribution in [-0.4, -0.2) is 0 Å². The largest absolute Gasteiger partial charge is 0.399 e. The summed E-state index contributed by atoms with van der Waals surface area (Å²) in [6.07, 6.45) is 7.88. The highest BCUT2D eigenvalue weighted by Gasteiger charge is 2.18. The molecule has 1 atom stereocenters. The first-order valence-electron chi connectivity index (χ1n) is 13.4. The van der Waals surface area contributed by atoms with Crippen LogP contribution in [0.1, 0.15) is 17.9 Å². The molecule has 0 heterocycles. The van der Waals surface area contributed by atoms with Gasteiger partial charge in [-0.1, -0.05) is 78.9 Å². The number of rotatable bonds is 7. The van der Waals surface area contributed by atoms with Gasteiger partial charge >= 0.3 is 0 Å². The third-order valence-corrected chi connectivity index (χ3v) is 7.11. The first kappa shape index (κ1) is 24.3. The van der Waals surface area contributed by atoms with Crippen molar-refractivity contribution in [3.63, 3.8) is 0 Å². The summed E-state index contributed by atoms with van der Waals surface area (Å²) >= 11 is 0. The fraction of sp³-hybridized carbons (Fsp3) is 0.0556. The topological polar surface area (TPSA) is 32.5 Å². The molecule has 0 radical (unpaired) electrons. The molecule has 1 aliphatic carbocycles. The van der Waals surface area contributed by atoms with Gasteiger partial charge in [-0.05, 0) is 90.9 Å². The lowest BCUT2D eigenvalue weighted by molar-refractivity contribution is 0.840. The number of para-hydroxylation sites is 3. The summed E-state index contributed by atoms with van der Waals surface area (Å²) in [4.78, 5) is 4.58. The number of hydrogen-bond donors (Lipinski definition) is 1. The molecular weight excluding hydrogens is 474 g/mol. The third kappa shape index (κ3) is 5.34. The normalized spacial score (nSPS) is 14.5. The molecule has 0 aromatic heterocycles. The summed E-state index contributed by atoms with van der Waals surface area (Å²) in [5.41, 5.74) is 14.9. The van der Waals surface area contributed by atoms with Crippen molar-refractivity contribution >= 4 is 34.1 Å². The number of benzene rings is 5. The first-order valence-corrected chi connectivity index (χ1v) is 13.4. The number of nitrogen functional groups attached to an aromatic ring is 1. The second-order valence-corrected chi connectivity index (χ2v) is 9.69. The Balaban J connectivity index is 1.25. The summed E-state index contributed by atoms with van der Waals surface area (Å²) in [5, 5.41) is 0. The summed E-state index contributed by atoms with van der Waals surface area (Å²) < 4.78 is 0. The van der Waals surface area contributed by atoms with Crippen LogP contribution in [0, 0.1) is 0 Å². The van der Waals surface area contributed by atoms with E-state index < -0.39 is 0 Å². The molecule has 0 saturated heterocycles. The average Bonchev–Trinajstić information content (AvgIpc) is 3.01. The SMILES string of the molecule is Nc1ccc(N(c2ccccc2)c2ccc(C3C=CC(N(c4ccccc4)c4ccccc4)=CC3)cc2)cc1. The molecule has 1 aliphatic rings. The number of allylic oxidation sites excluding steroid dienone is 3. The van der Waals surface area contributed by atoms with Crippen LogP contribution in [0.15, 0.2) is 163 Å². The van der Waals surface area contributed by atoms with Crippen LogP contribution in [0.5, 0.6) is 0 Å². The van der Waals surface area contributed by atoms with E-state index in [0.29, 0.717) is 5.92 Å². The highest BCUT2D eigenvalue weighted by molar-refractivity contribution is 5.77. The quantitative estimate of drug-likeness (QED) is 0.224. The molecule has 6 rings (SSSR count). The Labute approximate surface area is 230 Å². The average molecular weight is 506 g/mol. The van der Waals surface area contributed by atoms with Crippen LogP contribution >= 0.6 is 0 Å². The molecule has 0 fully saturated rings.